The van der Waals surface area contributed by atoms with Crippen molar-refractivity contribution in [1.29, 1.82) is 0 Å². The molecule has 4 heteroatoms. The summed E-state index contributed by atoms with van der Waals surface area (Å²) in [5.41, 5.74) is 1.02. The first kappa shape index (κ1) is 13.0. The molecule has 1 unspecified atom stereocenters. The topological polar surface area (TPSA) is 29.5 Å². The van der Waals surface area contributed by atoms with Gasteiger partial charge in [0, 0.05) is 12.6 Å². The first-order valence-electron chi connectivity index (χ1n) is 5.06. The van der Waals surface area contributed by atoms with Gasteiger partial charge in [0.1, 0.15) is 5.75 Å². The van der Waals surface area contributed by atoms with E-state index in [0.717, 1.165) is 11.3 Å². The summed E-state index contributed by atoms with van der Waals surface area (Å²) in [6, 6.07) is 7.74. The molecule has 0 heterocycles. The van der Waals surface area contributed by atoms with Gasteiger partial charge in [-0.2, -0.15) is 0 Å². The average Bonchev–Trinajstić information content (AvgIpc) is 2.35. The Bertz CT molecular complexity index is 368. The molecule has 0 radical (unpaired) electrons. The van der Waals surface area contributed by atoms with Crippen LogP contribution in [0.3, 0.4) is 0 Å². The van der Waals surface area contributed by atoms with Crippen LogP contribution in [0.25, 0.3) is 0 Å². The molecule has 0 aliphatic rings. The molecular weight excluding hydrogens is 270 g/mol. The molecule has 1 aromatic carbocycles. The van der Waals surface area contributed by atoms with E-state index in [1.807, 2.05) is 31.2 Å². The van der Waals surface area contributed by atoms with Gasteiger partial charge in [-0.1, -0.05) is 34.1 Å². The zero-order chi connectivity index (χ0) is 12.1. The third-order valence-corrected chi connectivity index (χ3v) is 3.16. The number of rotatable bonds is 4. The van der Waals surface area contributed by atoms with Gasteiger partial charge in [0.15, 0.2) is 0 Å². The molecule has 0 aromatic heterocycles. The molecule has 0 spiro atoms. The van der Waals surface area contributed by atoms with Crippen molar-refractivity contribution >= 4 is 21.8 Å². The summed E-state index contributed by atoms with van der Waals surface area (Å²) in [6.07, 6.45) is 0. The molecule has 88 valence electrons. The van der Waals surface area contributed by atoms with E-state index in [4.69, 9.17) is 4.74 Å². The van der Waals surface area contributed by atoms with Crippen LogP contribution < -0.4 is 4.74 Å². The van der Waals surface area contributed by atoms with Crippen LogP contribution in [0.2, 0.25) is 0 Å². The lowest BCUT2D eigenvalue weighted by molar-refractivity contribution is -0.128. The van der Waals surface area contributed by atoms with Crippen molar-refractivity contribution in [3.05, 3.63) is 29.8 Å². The number of carbonyl (C=O) groups is 1. The second kappa shape index (κ2) is 5.89. The molecule has 3 nitrogen and oxygen atoms in total. The molecule has 16 heavy (non-hydrogen) atoms. The summed E-state index contributed by atoms with van der Waals surface area (Å²) < 4.78 is 5.28. The van der Waals surface area contributed by atoms with Crippen LogP contribution in [0, 0.1) is 0 Å². The molecule has 1 aromatic rings. The van der Waals surface area contributed by atoms with Gasteiger partial charge < -0.3 is 9.64 Å². The first-order chi connectivity index (χ1) is 7.61. The largest absolute Gasteiger partial charge is 0.496 e. The highest BCUT2D eigenvalue weighted by atomic mass is 79.9. The highest BCUT2D eigenvalue weighted by Gasteiger charge is 2.18. The zero-order valence-corrected chi connectivity index (χ0v) is 11.3. The van der Waals surface area contributed by atoms with Crippen molar-refractivity contribution in [3.63, 3.8) is 0 Å². The quantitative estimate of drug-likeness (QED) is 0.796. The van der Waals surface area contributed by atoms with E-state index in [9.17, 15) is 4.79 Å². The van der Waals surface area contributed by atoms with Crippen molar-refractivity contribution in [2.75, 3.05) is 19.5 Å². The summed E-state index contributed by atoms with van der Waals surface area (Å²) in [5.74, 6) is 0.864. The van der Waals surface area contributed by atoms with Gasteiger partial charge >= 0.3 is 0 Å². The summed E-state index contributed by atoms with van der Waals surface area (Å²) in [7, 11) is 3.43. The molecule has 1 amide bonds. The minimum absolute atomic E-state index is 0.00111. The number of para-hydroxylation sites is 1. The molecule has 1 atom stereocenters. The van der Waals surface area contributed by atoms with Crippen molar-refractivity contribution in [1.82, 2.24) is 4.90 Å². The summed E-state index contributed by atoms with van der Waals surface area (Å²) in [5, 5.41) is 0.336. The van der Waals surface area contributed by atoms with E-state index < -0.39 is 0 Å². The van der Waals surface area contributed by atoms with Crippen LogP contribution in [-0.2, 0) is 4.79 Å². The molecule has 0 aliphatic heterocycles. The Hall–Kier alpha value is -1.03. The number of methoxy groups -OCH3 is 1. The average molecular weight is 286 g/mol. The fourth-order valence-electron chi connectivity index (χ4n) is 1.53. The smallest absolute Gasteiger partial charge is 0.233 e. The van der Waals surface area contributed by atoms with E-state index in [2.05, 4.69) is 15.9 Å². The fourth-order valence-corrected chi connectivity index (χ4v) is 1.93. The number of nitrogens with zero attached hydrogens (tertiary/aromatic N) is 1. The summed E-state index contributed by atoms with van der Waals surface area (Å²) in [6.45, 7) is 1.98. The molecule has 0 saturated carbocycles. The van der Waals surface area contributed by atoms with Gasteiger partial charge in [0.05, 0.1) is 18.5 Å². The predicted octanol–water partition coefficient (Wildman–Crippen LogP) is 2.61. The van der Waals surface area contributed by atoms with Crippen LogP contribution in [0.5, 0.6) is 5.75 Å². The third-order valence-electron chi connectivity index (χ3n) is 2.68. The Morgan fingerprint density at radius 1 is 1.50 bits per heavy atom. The molecular formula is C12H16BrNO2. The van der Waals surface area contributed by atoms with Crippen LogP contribution in [0.15, 0.2) is 24.3 Å². The number of carbonyl (C=O) groups excluding carboxylic acids is 1. The Kier molecular flexibility index (Phi) is 4.80. The van der Waals surface area contributed by atoms with Crippen LogP contribution in [-0.4, -0.2) is 30.3 Å². The molecule has 0 aliphatic carbocycles. The number of hydrogen-bond donors (Lipinski definition) is 0. The number of benzene rings is 1. The van der Waals surface area contributed by atoms with Crippen LogP contribution >= 0.6 is 15.9 Å². The van der Waals surface area contributed by atoms with Gasteiger partial charge in [0.25, 0.3) is 0 Å². The van der Waals surface area contributed by atoms with Crippen molar-refractivity contribution in [2.24, 2.45) is 0 Å². The van der Waals surface area contributed by atoms with E-state index >= 15 is 0 Å². The number of ether oxygens (including phenoxy) is 1. The Morgan fingerprint density at radius 3 is 2.69 bits per heavy atom. The number of hydrogen-bond acceptors (Lipinski definition) is 2. The maximum Gasteiger partial charge on any atom is 0.233 e. The normalized spacial score (nSPS) is 12.0. The first-order valence-corrected chi connectivity index (χ1v) is 6.18. The van der Waals surface area contributed by atoms with Gasteiger partial charge in [-0.05, 0) is 13.0 Å². The van der Waals surface area contributed by atoms with Gasteiger partial charge in [-0.25, -0.2) is 0 Å². The van der Waals surface area contributed by atoms with E-state index in [-0.39, 0.29) is 11.9 Å². The lowest BCUT2D eigenvalue weighted by Gasteiger charge is -2.25. The zero-order valence-electron chi connectivity index (χ0n) is 9.74. The molecule has 1 rings (SSSR count). The lowest BCUT2D eigenvalue weighted by atomic mass is 10.1. The van der Waals surface area contributed by atoms with Gasteiger partial charge in [0.2, 0.25) is 5.91 Å². The monoisotopic (exact) mass is 285 g/mol. The minimum atomic E-state index is 0.00111. The Morgan fingerprint density at radius 2 is 2.12 bits per heavy atom. The van der Waals surface area contributed by atoms with Crippen molar-refractivity contribution < 1.29 is 9.53 Å². The lowest BCUT2D eigenvalue weighted by Crippen LogP contribution is -2.30. The Balaban J connectivity index is 2.95. The van der Waals surface area contributed by atoms with Crippen LogP contribution in [0.4, 0.5) is 0 Å². The standard InChI is InChI=1S/C12H16BrNO2/c1-9(14(2)12(15)8-13)10-6-4-5-7-11(10)16-3/h4-7,9H,8H2,1-3H3. The molecule has 0 fully saturated rings. The van der Waals surface area contributed by atoms with Crippen LogP contribution in [0.1, 0.15) is 18.5 Å². The number of amides is 1. The van der Waals surface area contributed by atoms with E-state index in [1.165, 1.54) is 0 Å². The Labute approximate surface area is 105 Å². The molecule has 0 N–H and O–H groups in total. The second-order valence-corrected chi connectivity index (χ2v) is 4.12. The molecule has 0 saturated heterocycles. The fraction of sp³-hybridized carbons (Fsp3) is 0.417. The van der Waals surface area contributed by atoms with Crippen molar-refractivity contribution in [2.45, 2.75) is 13.0 Å². The number of alkyl halides is 1. The minimum Gasteiger partial charge on any atom is -0.496 e. The summed E-state index contributed by atoms with van der Waals surface area (Å²) >= 11 is 3.17. The molecule has 0 bridgehead atoms. The van der Waals surface area contributed by atoms with Gasteiger partial charge in [-0.15, -0.1) is 0 Å². The third kappa shape index (κ3) is 2.76. The maximum atomic E-state index is 11.6. The maximum absolute atomic E-state index is 11.6. The van der Waals surface area contributed by atoms with Gasteiger partial charge in [-0.3, -0.25) is 4.79 Å². The summed E-state index contributed by atoms with van der Waals surface area (Å²) in [4.78, 5) is 13.3. The second-order valence-electron chi connectivity index (χ2n) is 3.56. The van der Waals surface area contributed by atoms with E-state index in [0.29, 0.717) is 5.33 Å². The van der Waals surface area contributed by atoms with E-state index in [1.54, 1.807) is 19.1 Å². The number of halogens is 1. The highest BCUT2D eigenvalue weighted by molar-refractivity contribution is 9.09. The predicted molar refractivity (Wildman–Crippen MR) is 68.0 cm³/mol. The SMILES string of the molecule is COc1ccccc1C(C)N(C)C(=O)CBr. The van der Waals surface area contributed by atoms with Crippen molar-refractivity contribution in [3.8, 4) is 5.75 Å². The highest BCUT2D eigenvalue weighted by Crippen LogP contribution is 2.28.